The highest BCUT2D eigenvalue weighted by molar-refractivity contribution is 5.89. The molecule has 1 atom stereocenters. The van der Waals surface area contributed by atoms with E-state index in [-0.39, 0.29) is 17.0 Å². The Morgan fingerprint density at radius 3 is 2.33 bits per heavy atom. The molecule has 2 heterocycles. The van der Waals surface area contributed by atoms with Crippen molar-refractivity contribution in [3.05, 3.63) is 89.2 Å². The smallest absolute Gasteiger partial charge is 0.416 e. The van der Waals surface area contributed by atoms with Crippen LogP contribution in [0.25, 0.3) is 0 Å². The second kappa shape index (κ2) is 8.19. The van der Waals surface area contributed by atoms with E-state index in [0.29, 0.717) is 34.7 Å². The number of alkyl halides is 3. The van der Waals surface area contributed by atoms with E-state index in [0.717, 1.165) is 12.1 Å². The molecule has 172 valence electrons. The van der Waals surface area contributed by atoms with E-state index in [9.17, 15) is 18.0 Å². The first kappa shape index (κ1) is 22.8. The van der Waals surface area contributed by atoms with Gasteiger partial charge in [-0.1, -0.05) is 12.1 Å². The highest BCUT2D eigenvalue weighted by Gasteiger charge is 2.57. The highest BCUT2D eigenvalue weighted by atomic mass is 19.4. The fourth-order valence-corrected chi connectivity index (χ4v) is 4.56. The summed E-state index contributed by atoms with van der Waals surface area (Å²) in [6.45, 7) is 0.289. The lowest BCUT2D eigenvalue weighted by molar-refractivity contribution is -0.867. The number of nitrogens with zero attached hydrogens (tertiary/aromatic N) is 2. The van der Waals surface area contributed by atoms with Crippen LogP contribution < -0.4 is 9.47 Å². The quantitative estimate of drug-likeness (QED) is 0.515. The first-order valence-electron chi connectivity index (χ1n) is 10.4. The molecule has 0 saturated heterocycles. The fourth-order valence-electron chi connectivity index (χ4n) is 4.56. The molecule has 2 aromatic carbocycles. The molecule has 1 amide bonds. The molecule has 1 unspecified atom stereocenters. The SMILES string of the molecule is COc1ccc(C(=O)[N+](C)(C)C2(c3ccc(C(F)(F)F)cc3)CCOc3cccnc32)cc1. The largest absolute Gasteiger partial charge is 0.497 e. The molecule has 8 heteroatoms. The van der Waals surface area contributed by atoms with Gasteiger partial charge in [-0.2, -0.15) is 13.2 Å². The molecule has 0 bridgehead atoms. The minimum absolute atomic E-state index is 0.196. The molecule has 0 aliphatic carbocycles. The summed E-state index contributed by atoms with van der Waals surface area (Å²) in [6, 6.07) is 15.2. The molecule has 1 aliphatic rings. The zero-order valence-electron chi connectivity index (χ0n) is 18.5. The first-order valence-corrected chi connectivity index (χ1v) is 10.4. The number of rotatable bonds is 4. The maximum absolute atomic E-state index is 13.9. The van der Waals surface area contributed by atoms with Gasteiger partial charge in [0.2, 0.25) is 0 Å². The van der Waals surface area contributed by atoms with Crippen LogP contribution in [0.3, 0.4) is 0 Å². The van der Waals surface area contributed by atoms with Gasteiger partial charge in [0.1, 0.15) is 17.2 Å². The summed E-state index contributed by atoms with van der Waals surface area (Å²) >= 11 is 0. The molecule has 5 nitrogen and oxygen atoms in total. The second-order valence-electron chi connectivity index (χ2n) is 8.37. The lowest BCUT2D eigenvalue weighted by atomic mass is 9.77. The van der Waals surface area contributed by atoms with Gasteiger partial charge in [0.25, 0.3) is 0 Å². The number of carbonyl (C=O) groups excluding carboxylic acids is 1. The number of pyridine rings is 1. The third-order valence-corrected chi connectivity index (χ3v) is 6.37. The molecule has 4 rings (SSSR count). The number of amides is 1. The van der Waals surface area contributed by atoms with Crippen LogP contribution in [0.2, 0.25) is 0 Å². The second-order valence-corrected chi connectivity index (χ2v) is 8.37. The van der Waals surface area contributed by atoms with Crippen LogP contribution in [0.1, 0.15) is 33.6 Å². The van der Waals surface area contributed by atoms with Gasteiger partial charge in [-0.25, -0.2) is 9.28 Å². The zero-order chi connectivity index (χ0) is 23.9. The minimum Gasteiger partial charge on any atom is -0.497 e. The molecule has 0 fully saturated rings. The van der Waals surface area contributed by atoms with Gasteiger partial charge in [-0.05, 0) is 48.5 Å². The first-order chi connectivity index (χ1) is 15.6. The number of hydrogen-bond donors (Lipinski definition) is 0. The van der Waals surface area contributed by atoms with E-state index in [4.69, 9.17) is 9.47 Å². The van der Waals surface area contributed by atoms with E-state index in [1.165, 1.54) is 12.1 Å². The van der Waals surface area contributed by atoms with Crippen molar-refractivity contribution in [1.82, 2.24) is 4.98 Å². The van der Waals surface area contributed by atoms with E-state index in [1.54, 1.807) is 63.8 Å². The van der Waals surface area contributed by atoms with Crippen molar-refractivity contribution in [1.29, 1.82) is 0 Å². The monoisotopic (exact) mass is 457 g/mol. The van der Waals surface area contributed by atoms with Crippen LogP contribution in [-0.4, -0.2) is 43.2 Å². The van der Waals surface area contributed by atoms with E-state index in [1.807, 2.05) is 0 Å². The van der Waals surface area contributed by atoms with E-state index in [2.05, 4.69) is 4.98 Å². The van der Waals surface area contributed by atoms with Gasteiger partial charge >= 0.3 is 12.1 Å². The Hall–Kier alpha value is -3.39. The maximum Gasteiger partial charge on any atom is 0.416 e. The van der Waals surface area contributed by atoms with Gasteiger partial charge < -0.3 is 9.47 Å². The molecule has 1 aromatic heterocycles. The van der Waals surface area contributed by atoms with Gasteiger partial charge in [0.15, 0.2) is 5.54 Å². The van der Waals surface area contributed by atoms with Gasteiger partial charge in [0, 0.05) is 18.2 Å². The van der Waals surface area contributed by atoms with E-state index >= 15 is 0 Å². The van der Waals surface area contributed by atoms with Crippen LogP contribution in [-0.2, 0) is 11.7 Å². The van der Waals surface area contributed by atoms with E-state index < -0.39 is 17.3 Å². The number of fused-ring (bicyclic) bond motifs is 1. The normalized spacial score (nSPS) is 18.2. The minimum atomic E-state index is -4.46. The molecule has 1 aliphatic heterocycles. The molecule has 0 radical (unpaired) electrons. The van der Waals surface area contributed by atoms with Crippen molar-refractivity contribution < 1.29 is 31.9 Å². The number of carbonyl (C=O) groups is 1. The van der Waals surface area contributed by atoms with Crippen molar-refractivity contribution in [3.8, 4) is 11.5 Å². The molecular formula is C25H24F3N2O3+. The zero-order valence-corrected chi connectivity index (χ0v) is 18.5. The summed E-state index contributed by atoms with van der Waals surface area (Å²) in [5.41, 5.74) is -0.276. The third-order valence-electron chi connectivity index (χ3n) is 6.37. The fraction of sp³-hybridized carbons (Fsp3) is 0.280. The topological polar surface area (TPSA) is 48.4 Å². The number of quaternary nitrogens is 1. The van der Waals surface area contributed by atoms with Gasteiger partial charge in [-0.15, -0.1) is 0 Å². The Morgan fingerprint density at radius 1 is 1.06 bits per heavy atom. The van der Waals surface area contributed by atoms with Crippen LogP contribution in [0.4, 0.5) is 13.2 Å². The predicted molar refractivity (Wildman–Crippen MR) is 116 cm³/mol. The van der Waals surface area contributed by atoms with Crippen LogP contribution in [0, 0.1) is 0 Å². The number of ether oxygens (including phenoxy) is 2. The summed E-state index contributed by atoms with van der Waals surface area (Å²) in [5.74, 6) is 0.917. The molecule has 3 aromatic rings. The number of benzene rings is 2. The molecule has 0 saturated carbocycles. The van der Waals surface area contributed by atoms with Gasteiger partial charge in [0.05, 0.1) is 38.9 Å². The molecule has 0 spiro atoms. The lowest BCUT2D eigenvalue weighted by Gasteiger charge is -2.48. The average molecular weight is 457 g/mol. The summed E-state index contributed by atoms with van der Waals surface area (Å²) in [6.07, 6.45) is -2.50. The maximum atomic E-state index is 13.9. The van der Waals surface area contributed by atoms with Crippen molar-refractivity contribution in [2.24, 2.45) is 0 Å². The van der Waals surface area contributed by atoms with Crippen LogP contribution in [0.15, 0.2) is 66.9 Å². The summed E-state index contributed by atoms with van der Waals surface area (Å²) in [4.78, 5) is 18.4. The number of hydrogen-bond acceptors (Lipinski definition) is 4. The van der Waals surface area contributed by atoms with Gasteiger partial charge in [-0.3, -0.25) is 4.98 Å². The third kappa shape index (κ3) is 3.74. The molecular weight excluding hydrogens is 433 g/mol. The summed E-state index contributed by atoms with van der Waals surface area (Å²) < 4.78 is 50.5. The van der Waals surface area contributed by atoms with Crippen molar-refractivity contribution in [3.63, 3.8) is 0 Å². The molecule has 33 heavy (non-hydrogen) atoms. The standard InChI is InChI=1S/C25H24F3N2O3/c1-30(2,23(31)17-6-12-20(32-3)13-7-17)24(14-16-33-21-5-4-15-29-22(21)24)18-8-10-19(11-9-18)25(26,27)28/h4-13,15H,14,16H2,1-3H3/q+1. The highest BCUT2D eigenvalue weighted by Crippen LogP contribution is 2.48. The summed E-state index contributed by atoms with van der Waals surface area (Å²) in [5, 5.41) is 0. The van der Waals surface area contributed by atoms with Crippen LogP contribution in [0.5, 0.6) is 11.5 Å². The Kier molecular flexibility index (Phi) is 5.66. The Balaban J connectivity index is 1.91. The molecule has 0 N–H and O–H groups in total. The Labute approximate surface area is 190 Å². The van der Waals surface area contributed by atoms with Crippen molar-refractivity contribution in [2.75, 3.05) is 27.8 Å². The predicted octanol–water partition coefficient (Wildman–Crippen LogP) is 5.05. The number of halogens is 3. The Bertz CT molecular complexity index is 1160. The average Bonchev–Trinajstić information content (AvgIpc) is 2.82. The van der Waals surface area contributed by atoms with Crippen LogP contribution >= 0.6 is 0 Å². The van der Waals surface area contributed by atoms with Crippen molar-refractivity contribution in [2.45, 2.75) is 18.1 Å². The lowest BCUT2D eigenvalue weighted by Crippen LogP contribution is -2.63. The number of methoxy groups -OCH3 is 1. The summed E-state index contributed by atoms with van der Waals surface area (Å²) in [7, 11) is 5.06. The Morgan fingerprint density at radius 2 is 1.73 bits per heavy atom. The number of aromatic nitrogens is 1. The van der Waals surface area contributed by atoms with Crippen molar-refractivity contribution >= 4 is 5.91 Å².